The van der Waals surface area contributed by atoms with E-state index < -0.39 is 30.3 Å². The van der Waals surface area contributed by atoms with Crippen molar-refractivity contribution in [3.05, 3.63) is 10.4 Å². The molecule has 7 nitrogen and oxygen atoms in total. The van der Waals surface area contributed by atoms with Crippen LogP contribution in [-0.2, 0) is 0 Å². The van der Waals surface area contributed by atoms with Crippen molar-refractivity contribution in [2.45, 2.75) is 30.8 Å². The lowest BCUT2D eigenvalue weighted by Crippen LogP contribution is -2.53. The Morgan fingerprint density at radius 1 is 1.21 bits per heavy atom. The number of hydrogen-bond acceptors (Lipinski definition) is 5. The summed E-state index contributed by atoms with van der Waals surface area (Å²) in [5.41, 5.74) is 8.19. The van der Waals surface area contributed by atoms with E-state index in [4.69, 9.17) is 10.6 Å². The van der Waals surface area contributed by atoms with Crippen molar-refractivity contribution >= 4 is 0 Å². The van der Waals surface area contributed by atoms with Crippen LogP contribution in [0, 0.1) is 5.92 Å². The van der Waals surface area contributed by atoms with E-state index in [1.807, 2.05) is 0 Å². The number of rotatable bonds is 2. The number of aliphatic hydroxyl groups excluding tert-OH is 4. The van der Waals surface area contributed by atoms with Gasteiger partial charge in [0.15, 0.2) is 0 Å². The molecule has 0 amide bonds. The van der Waals surface area contributed by atoms with Gasteiger partial charge in [0.1, 0.15) is 6.10 Å². The quantitative estimate of drug-likeness (QED) is 0.254. The van der Waals surface area contributed by atoms with Gasteiger partial charge in [-0.25, -0.2) is 0 Å². The second kappa shape index (κ2) is 4.59. The molecule has 0 saturated heterocycles. The molecule has 0 aliphatic heterocycles. The zero-order valence-corrected chi connectivity index (χ0v) is 7.43. The highest BCUT2D eigenvalue weighted by Crippen LogP contribution is 2.27. The van der Waals surface area contributed by atoms with Crippen molar-refractivity contribution in [3.63, 3.8) is 0 Å². The van der Waals surface area contributed by atoms with Gasteiger partial charge in [-0.1, -0.05) is 5.11 Å². The fraction of sp³-hybridized carbons (Fsp3) is 1.00. The van der Waals surface area contributed by atoms with Crippen molar-refractivity contribution in [2.24, 2.45) is 11.0 Å². The lowest BCUT2D eigenvalue weighted by Gasteiger charge is -2.37. The maximum atomic E-state index is 9.40. The van der Waals surface area contributed by atoms with Gasteiger partial charge in [0.05, 0.1) is 18.2 Å². The second-order valence-corrected chi connectivity index (χ2v) is 3.42. The standard InChI is InChI=1S/C7H13N3O4/c8-10-9-4-1-3(2-11)5(12)7(14)6(4)13/h3-7,11-14H,1-2H2/t3-,4-,5-,6-,7-/m1/s1. The molecule has 1 fully saturated rings. The number of azide groups is 1. The molecule has 1 aliphatic rings. The highest BCUT2D eigenvalue weighted by atomic mass is 16.4. The molecule has 4 N–H and O–H groups in total. The van der Waals surface area contributed by atoms with E-state index in [1.54, 1.807) is 0 Å². The minimum absolute atomic E-state index is 0.167. The van der Waals surface area contributed by atoms with Gasteiger partial charge in [-0.15, -0.1) is 0 Å². The average Bonchev–Trinajstić information content (AvgIpc) is 2.19. The maximum Gasteiger partial charge on any atom is 0.106 e. The Morgan fingerprint density at radius 3 is 2.36 bits per heavy atom. The molecule has 0 aromatic heterocycles. The van der Waals surface area contributed by atoms with E-state index in [0.717, 1.165) is 0 Å². The molecular formula is C7H13N3O4. The van der Waals surface area contributed by atoms with Crippen molar-refractivity contribution in [1.82, 2.24) is 0 Å². The predicted octanol–water partition coefficient (Wildman–Crippen LogP) is -1.24. The number of aliphatic hydroxyl groups is 4. The SMILES string of the molecule is [N-]=[N+]=N[C@@H]1C[C@H](CO)[C@@H](O)[C@@H](O)[C@@H]1O. The van der Waals surface area contributed by atoms with Crippen LogP contribution in [0.15, 0.2) is 5.11 Å². The van der Waals surface area contributed by atoms with E-state index in [0.29, 0.717) is 0 Å². The van der Waals surface area contributed by atoms with Crippen LogP contribution in [0.3, 0.4) is 0 Å². The lowest BCUT2D eigenvalue weighted by atomic mass is 9.80. The normalized spacial score (nSPS) is 43.0. The van der Waals surface area contributed by atoms with E-state index >= 15 is 0 Å². The molecular weight excluding hydrogens is 190 g/mol. The molecule has 1 aliphatic carbocycles. The first-order valence-electron chi connectivity index (χ1n) is 4.31. The van der Waals surface area contributed by atoms with Gasteiger partial charge in [-0.2, -0.15) is 0 Å². The first-order chi connectivity index (χ1) is 6.61. The van der Waals surface area contributed by atoms with Crippen LogP contribution in [0.4, 0.5) is 0 Å². The first-order valence-corrected chi connectivity index (χ1v) is 4.31. The van der Waals surface area contributed by atoms with Gasteiger partial charge in [0, 0.05) is 17.4 Å². The van der Waals surface area contributed by atoms with Crippen molar-refractivity contribution < 1.29 is 20.4 Å². The van der Waals surface area contributed by atoms with E-state index in [9.17, 15) is 15.3 Å². The zero-order valence-electron chi connectivity index (χ0n) is 7.43. The molecule has 0 aromatic carbocycles. The molecule has 5 atom stereocenters. The van der Waals surface area contributed by atoms with Crippen LogP contribution in [-0.4, -0.2) is 51.4 Å². The fourth-order valence-electron chi connectivity index (χ4n) is 1.66. The topological polar surface area (TPSA) is 130 Å². The van der Waals surface area contributed by atoms with Gasteiger partial charge in [-0.3, -0.25) is 0 Å². The summed E-state index contributed by atoms with van der Waals surface area (Å²) >= 11 is 0. The zero-order chi connectivity index (χ0) is 10.7. The van der Waals surface area contributed by atoms with Gasteiger partial charge in [0.25, 0.3) is 0 Å². The smallest absolute Gasteiger partial charge is 0.106 e. The first kappa shape index (κ1) is 11.2. The fourth-order valence-corrected chi connectivity index (χ4v) is 1.66. The largest absolute Gasteiger partial charge is 0.396 e. The van der Waals surface area contributed by atoms with Gasteiger partial charge in [-0.05, 0) is 12.0 Å². The third-order valence-corrected chi connectivity index (χ3v) is 2.56. The van der Waals surface area contributed by atoms with Crippen molar-refractivity contribution in [2.75, 3.05) is 6.61 Å². The third kappa shape index (κ3) is 1.97. The minimum Gasteiger partial charge on any atom is -0.396 e. The second-order valence-electron chi connectivity index (χ2n) is 3.42. The molecule has 0 radical (unpaired) electrons. The van der Waals surface area contributed by atoms with Gasteiger partial charge >= 0.3 is 0 Å². The van der Waals surface area contributed by atoms with Crippen LogP contribution in [0.5, 0.6) is 0 Å². The van der Waals surface area contributed by atoms with Crippen molar-refractivity contribution in [1.29, 1.82) is 0 Å². The summed E-state index contributed by atoms with van der Waals surface area (Å²) in [5, 5.41) is 40.3. The minimum atomic E-state index is -1.38. The van der Waals surface area contributed by atoms with Crippen molar-refractivity contribution in [3.8, 4) is 0 Å². The lowest BCUT2D eigenvalue weighted by molar-refractivity contribution is -0.125. The Labute approximate surface area is 80.2 Å². The summed E-state index contributed by atoms with van der Waals surface area (Å²) in [6.07, 6.45) is -3.67. The highest BCUT2D eigenvalue weighted by Gasteiger charge is 2.41. The van der Waals surface area contributed by atoms with E-state index in [1.165, 1.54) is 0 Å². The Kier molecular flexibility index (Phi) is 3.68. The Hall–Kier alpha value is -0.850. The molecule has 7 heteroatoms. The van der Waals surface area contributed by atoms with Crippen LogP contribution >= 0.6 is 0 Å². The molecule has 80 valence electrons. The summed E-state index contributed by atoms with van der Waals surface area (Å²) in [6, 6.07) is -0.796. The Bertz CT molecular complexity index is 241. The summed E-state index contributed by atoms with van der Waals surface area (Å²) in [6.45, 7) is -0.317. The Balaban J connectivity index is 2.77. The Morgan fingerprint density at radius 2 is 1.86 bits per heavy atom. The highest BCUT2D eigenvalue weighted by molar-refractivity contribution is 4.95. The van der Waals surface area contributed by atoms with Gasteiger partial charge < -0.3 is 20.4 Å². The van der Waals surface area contributed by atoms with Crippen LogP contribution < -0.4 is 0 Å². The molecule has 0 bridgehead atoms. The third-order valence-electron chi connectivity index (χ3n) is 2.56. The summed E-state index contributed by atoms with van der Waals surface area (Å²) in [7, 11) is 0. The van der Waals surface area contributed by atoms with Crippen LogP contribution in [0.2, 0.25) is 0 Å². The molecule has 1 rings (SSSR count). The molecule has 14 heavy (non-hydrogen) atoms. The maximum absolute atomic E-state index is 9.40. The molecule has 0 aromatic rings. The molecule has 0 unspecified atom stereocenters. The van der Waals surface area contributed by atoms with Crippen LogP contribution in [0.1, 0.15) is 6.42 Å². The molecule has 0 heterocycles. The summed E-state index contributed by atoms with van der Waals surface area (Å²) in [5.74, 6) is -0.566. The molecule has 0 spiro atoms. The van der Waals surface area contributed by atoms with E-state index in [-0.39, 0.29) is 13.0 Å². The van der Waals surface area contributed by atoms with E-state index in [2.05, 4.69) is 10.0 Å². The summed E-state index contributed by atoms with van der Waals surface area (Å²) < 4.78 is 0. The predicted molar refractivity (Wildman–Crippen MR) is 46.1 cm³/mol. The number of hydrogen-bond donors (Lipinski definition) is 4. The average molecular weight is 203 g/mol. The number of nitrogens with zero attached hydrogens (tertiary/aromatic N) is 3. The molecule has 1 saturated carbocycles. The van der Waals surface area contributed by atoms with Gasteiger partial charge in [0.2, 0.25) is 0 Å². The van der Waals surface area contributed by atoms with Crippen LogP contribution in [0.25, 0.3) is 10.4 Å². The summed E-state index contributed by atoms with van der Waals surface area (Å²) in [4.78, 5) is 2.53. The monoisotopic (exact) mass is 203 g/mol.